The van der Waals surface area contributed by atoms with Crippen LogP contribution < -0.4 is 5.73 Å². The summed E-state index contributed by atoms with van der Waals surface area (Å²) < 4.78 is 0. The van der Waals surface area contributed by atoms with Crippen LogP contribution in [0.5, 0.6) is 0 Å². The van der Waals surface area contributed by atoms with Gasteiger partial charge in [0.2, 0.25) is 5.91 Å². The van der Waals surface area contributed by atoms with Crippen molar-refractivity contribution in [2.24, 2.45) is 11.7 Å². The van der Waals surface area contributed by atoms with Crippen molar-refractivity contribution in [3.63, 3.8) is 0 Å². The number of hydrogen-bond acceptors (Lipinski definition) is 3. The van der Waals surface area contributed by atoms with Crippen molar-refractivity contribution < 1.29 is 4.79 Å². The summed E-state index contributed by atoms with van der Waals surface area (Å²) in [6.07, 6.45) is 1.89. The zero-order valence-electron chi connectivity index (χ0n) is 7.66. The summed E-state index contributed by atoms with van der Waals surface area (Å²) >= 11 is 0. The van der Waals surface area contributed by atoms with Crippen LogP contribution in [0, 0.1) is 17.2 Å². The van der Waals surface area contributed by atoms with Crippen molar-refractivity contribution in [2.45, 2.75) is 13.3 Å². The molecule has 4 nitrogen and oxygen atoms in total. The van der Waals surface area contributed by atoms with Crippen molar-refractivity contribution in [1.29, 1.82) is 5.26 Å². The van der Waals surface area contributed by atoms with Gasteiger partial charge in [0.15, 0.2) is 0 Å². The molecule has 1 amide bonds. The number of carbonyl (C=O) groups is 1. The van der Waals surface area contributed by atoms with Gasteiger partial charge in [-0.25, -0.2) is 0 Å². The fourth-order valence-corrected chi connectivity index (χ4v) is 1.45. The lowest BCUT2D eigenvalue weighted by Crippen LogP contribution is -2.24. The fraction of sp³-hybridized carbons (Fsp3) is 0.556. The highest BCUT2D eigenvalue weighted by molar-refractivity contribution is 5.80. The van der Waals surface area contributed by atoms with Crippen LogP contribution in [0.15, 0.2) is 11.8 Å². The number of nitrogens with zero attached hydrogens (tertiary/aromatic N) is 2. The van der Waals surface area contributed by atoms with Crippen LogP contribution in [0.1, 0.15) is 13.3 Å². The van der Waals surface area contributed by atoms with Crippen LogP contribution in [-0.4, -0.2) is 23.9 Å². The molecule has 1 rings (SSSR count). The maximum absolute atomic E-state index is 11.4. The van der Waals surface area contributed by atoms with Crippen LogP contribution in [0.2, 0.25) is 0 Å². The van der Waals surface area contributed by atoms with E-state index in [1.54, 1.807) is 11.8 Å². The monoisotopic (exact) mass is 179 g/mol. The van der Waals surface area contributed by atoms with Crippen LogP contribution in [-0.2, 0) is 4.79 Å². The summed E-state index contributed by atoms with van der Waals surface area (Å²) in [4.78, 5) is 13.0. The minimum Gasteiger partial charge on any atom is -0.330 e. The van der Waals surface area contributed by atoms with Crippen LogP contribution >= 0.6 is 0 Å². The maximum Gasteiger partial charge on any atom is 0.227 e. The van der Waals surface area contributed by atoms with Crippen molar-refractivity contribution in [1.82, 2.24) is 4.90 Å². The zero-order chi connectivity index (χ0) is 9.84. The lowest BCUT2D eigenvalue weighted by molar-refractivity contribution is -0.126. The second-order valence-corrected chi connectivity index (χ2v) is 3.23. The summed E-state index contributed by atoms with van der Waals surface area (Å²) in [6, 6.07) is 1.91. The van der Waals surface area contributed by atoms with Gasteiger partial charge >= 0.3 is 0 Å². The van der Waals surface area contributed by atoms with Crippen molar-refractivity contribution in [3.8, 4) is 6.07 Å². The number of likely N-dealkylation sites (tertiary alicyclic amines) is 1. The summed E-state index contributed by atoms with van der Waals surface area (Å²) in [7, 11) is 0. The second kappa shape index (κ2) is 4.06. The molecule has 1 atom stereocenters. The van der Waals surface area contributed by atoms with Gasteiger partial charge in [-0.05, 0) is 19.4 Å². The molecule has 0 spiro atoms. The van der Waals surface area contributed by atoms with Crippen LogP contribution in [0.4, 0.5) is 0 Å². The van der Waals surface area contributed by atoms with Gasteiger partial charge in [-0.2, -0.15) is 5.26 Å². The van der Waals surface area contributed by atoms with Gasteiger partial charge in [-0.1, -0.05) is 0 Å². The molecule has 1 unspecified atom stereocenters. The molecule has 0 aromatic heterocycles. The Bertz CT molecular complexity index is 277. The van der Waals surface area contributed by atoms with Gasteiger partial charge in [-0.15, -0.1) is 0 Å². The number of amides is 1. The minimum absolute atomic E-state index is 0.0689. The molecule has 0 aromatic rings. The van der Waals surface area contributed by atoms with E-state index >= 15 is 0 Å². The first-order valence-electron chi connectivity index (χ1n) is 4.26. The molecule has 0 radical (unpaired) electrons. The average molecular weight is 179 g/mol. The van der Waals surface area contributed by atoms with E-state index < -0.39 is 0 Å². The van der Waals surface area contributed by atoms with Gasteiger partial charge in [0.1, 0.15) is 0 Å². The third-order valence-electron chi connectivity index (χ3n) is 2.24. The van der Waals surface area contributed by atoms with Gasteiger partial charge in [0.25, 0.3) is 0 Å². The molecule has 1 heterocycles. The molecule has 1 saturated heterocycles. The lowest BCUT2D eigenvalue weighted by atomic mass is 10.1. The Balaban J connectivity index is 2.69. The number of nitriles is 1. The first-order valence-corrected chi connectivity index (χ1v) is 4.26. The molecule has 1 aliphatic heterocycles. The molecule has 0 aromatic carbocycles. The second-order valence-electron chi connectivity index (χ2n) is 3.23. The molecule has 1 aliphatic rings. The Morgan fingerprint density at radius 3 is 3.08 bits per heavy atom. The van der Waals surface area contributed by atoms with Crippen LogP contribution in [0.3, 0.4) is 0 Å². The molecule has 2 N–H and O–H groups in total. The van der Waals surface area contributed by atoms with Crippen molar-refractivity contribution in [3.05, 3.63) is 11.8 Å². The van der Waals surface area contributed by atoms with E-state index in [1.165, 1.54) is 6.08 Å². The molecular weight excluding hydrogens is 166 g/mol. The molecule has 0 saturated carbocycles. The van der Waals surface area contributed by atoms with E-state index in [4.69, 9.17) is 11.0 Å². The predicted molar refractivity (Wildman–Crippen MR) is 48.2 cm³/mol. The first-order chi connectivity index (χ1) is 6.19. The highest BCUT2D eigenvalue weighted by Gasteiger charge is 2.29. The Morgan fingerprint density at radius 1 is 1.92 bits per heavy atom. The fourth-order valence-electron chi connectivity index (χ4n) is 1.45. The summed E-state index contributed by atoms with van der Waals surface area (Å²) in [5.41, 5.74) is 6.18. The van der Waals surface area contributed by atoms with Gasteiger partial charge in [0, 0.05) is 24.7 Å². The summed E-state index contributed by atoms with van der Waals surface area (Å²) in [5.74, 6) is 0.314. The predicted octanol–water partition coefficient (Wildman–Crippen LogP) is 0.221. The Kier molecular flexibility index (Phi) is 3.04. The van der Waals surface area contributed by atoms with E-state index in [0.29, 0.717) is 25.2 Å². The zero-order valence-corrected chi connectivity index (χ0v) is 7.66. The standard InChI is InChI=1S/C9H13N3O/c1-7(2-3-10)12-6-8(5-11)4-9(12)13/h2,8H,4-6,11H2,1H3. The summed E-state index contributed by atoms with van der Waals surface area (Å²) in [5, 5.41) is 8.42. The van der Waals surface area contributed by atoms with E-state index in [0.717, 1.165) is 0 Å². The SMILES string of the molecule is CC(=CC#N)N1CC(CN)CC1=O. The summed E-state index contributed by atoms with van der Waals surface area (Å²) in [6.45, 7) is 2.95. The topological polar surface area (TPSA) is 70.1 Å². The quantitative estimate of drug-likeness (QED) is 0.616. The van der Waals surface area contributed by atoms with Crippen molar-refractivity contribution >= 4 is 5.91 Å². The molecule has 1 fully saturated rings. The van der Waals surface area contributed by atoms with E-state index in [1.807, 2.05) is 6.07 Å². The number of nitrogens with two attached hydrogens (primary N) is 1. The molecule has 4 heteroatoms. The van der Waals surface area contributed by atoms with E-state index in [9.17, 15) is 4.79 Å². The van der Waals surface area contributed by atoms with E-state index in [2.05, 4.69) is 0 Å². The van der Waals surface area contributed by atoms with Gasteiger partial charge in [0.05, 0.1) is 6.07 Å². The first kappa shape index (κ1) is 9.75. The highest BCUT2D eigenvalue weighted by atomic mass is 16.2. The number of hydrogen-bond donors (Lipinski definition) is 1. The maximum atomic E-state index is 11.4. The third-order valence-corrected chi connectivity index (χ3v) is 2.24. The molecule has 70 valence electrons. The Morgan fingerprint density at radius 2 is 2.62 bits per heavy atom. The lowest BCUT2D eigenvalue weighted by Gasteiger charge is -2.15. The number of rotatable bonds is 2. The molecule has 0 bridgehead atoms. The smallest absolute Gasteiger partial charge is 0.227 e. The number of carbonyl (C=O) groups excluding carboxylic acids is 1. The molecule has 13 heavy (non-hydrogen) atoms. The van der Waals surface area contributed by atoms with Crippen molar-refractivity contribution in [2.75, 3.05) is 13.1 Å². The normalized spacial score (nSPS) is 23.5. The third kappa shape index (κ3) is 2.07. The molecular formula is C9H13N3O. The van der Waals surface area contributed by atoms with Crippen LogP contribution in [0.25, 0.3) is 0 Å². The number of allylic oxidation sites excluding steroid dienone is 2. The van der Waals surface area contributed by atoms with E-state index in [-0.39, 0.29) is 11.8 Å². The van der Waals surface area contributed by atoms with Gasteiger partial charge in [-0.3, -0.25) is 4.79 Å². The average Bonchev–Trinajstić information content (AvgIpc) is 2.47. The molecule has 0 aliphatic carbocycles. The minimum atomic E-state index is 0.0689. The largest absolute Gasteiger partial charge is 0.330 e. The Labute approximate surface area is 77.6 Å². The Hall–Kier alpha value is -1.34. The van der Waals surface area contributed by atoms with Gasteiger partial charge < -0.3 is 10.6 Å². The highest BCUT2D eigenvalue weighted by Crippen LogP contribution is 2.20.